The molecular formula is C22H23ClN2O5S. The van der Waals surface area contributed by atoms with Crippen molar-refractivity contribution in [2.45, 2.75) is 18.2 Å². The van der Waals surface area contributed by atoms with Gasteiger partial charge in [-0.1, -0.05) is 12.1 Å². The van der Waals surface area contributed by atoms with Gasteiger partial charge < -0.3 is 4.74 Å². The van der Waals surface area contributed by atoms with E-state index in [2.05, 4.69) is 9.97 Å². The van der Waals surface area contributed by atoms with Crippen molar-refractivity contribution in [2.75, 3.05) is 12.9 Å². The normalized spacial score (nSPS) is 10.1. The molecule has 7 nitrogen and oxygen atoms in total. The quantitative estimate of drug-likeness (QED) is 0.407. The number of sulfone groups is 1. The van der Waals surface area contributed by atoms with Crippen LogP contribution in [0.4, 0.5) is 0 Å². The molecular weight excluding hydrogens is 440 g/mol. The van der Waals surface area contributed by atoms with E-state index in [1.54, 1.807) is 55.7 Å². The van der Waals surface area contributed by atoms with Crippen LogP contribution in [0.1, 0.15) is 33.2 Å². The van der Waals surface area contributed by atoms with Crippen LogP contribution in [0.15, 0.2) is 78.2 Å². The number of Topliss-reactive ketones (excluding diaryl/α,β-unsaturated/α-hetero) is 1. The van der Waals surface area contributed by atoms with Crippen LogP contribution in [0.2, 0.25) is 0 Å². The van der Waals surface area contributed by atoms with Gasteiger partial charge in [0.25, 0.3) is 0 Å². The van der Waals surface area contributed by atoms with Crippen LogP contribution in [-0.4, -0.2) is 43.0 Å². The summed E-state index contributed by atoms with van der Waals surface area (Å²) >= 11 is 0. The van der Waals surface area contributed by atoms with Crippen molar-refractivity contribution in [1.29, 1.82) is 0 Å². The first-order chi connectivity index (χ1) is 14.3. The molecule has 0 spiro atoms. The lowest BCUT2D eigenvalue weighted by Crippen LogP contribution is -2.04. The summed E-state index contributed by atoms with van der Waals surface area (Å²) in [6.07, 6.45) is 7.62. The van der Waals surface area contributed by atoms with Crippen molar-refractivity contribution < 1.29 is 22.7 Å². The monoisotopic (exact) mass is 462 g/mol. The highest BCUT2D eigenvalue weighted by atomic mass is 35.5. The molecule has 0 amide bonds. The second kappa shape index (κ2) is 12.6. The van der Waals surface area contributed by atoms with E-state index in [9.17, 15) is 18.0 Å². The van der Waals surface area contributed by atoms with Gasteiger partial charge in [-0.15, -0.1) is 12.4 Å². The number of nitrogens with zero attached hydrogens (tertiary/aromatic N) is 2. The van der Waals surface area contributed by atoms with E-state index < -0.39 is 9.84 Å². The molecule has 164 valence electrons. The number of ketones is 1. The molecule has 0 atom stereocenters. The Morgan fingerprint density at radius 1 is 0.903 bits per heavy atom. The molecule has 31 heavy (non-hydrogen) atoms. The summed E-state index contributed by atoms with van der Waals surface area (Å²) in [7, 11) is -3.20. The molecule has 3 aromatic rings. The number of carbonyl (C=O) groups is 2. The Morgan fingerprint density at radius 2 is 1.45 bits per heavy atom. The maximum atomic E-state index is 11.9. The maximum absolute atomic E-state index is 11.9. The second-order valence-electron chi connectivity index (χ2n) is 6.22. The molecule has 0 aliphatic heterocycles. The van der Waals surface area contributed by atoms with Gasteiger partial charge in [0.15, 0.2) is 15.6 Å². The number of pyridine rings is 2. The number of aromatic nitrogens is 2. The largest absolute Gasteiger partial charge is 0.462 e. The fraction of sp³-hybridized carbons (Fsp3) is 0.182. The van der Waals surface area contributed by atoms with Crippen molar-refractivity contribution in [3.05, 3.63) is 90.0 Å². The fourth-order valence-electron chi connectivity index (χ4n) is 2.37. The first-order valence-corrected chi connectivity index (χ1v) is 11.0. The molecule has 9 heteroatoms. The molecule has 0 saturated heterocycles. The minimum atomic E-state index is -3.20. The van der Waals surface area contributed by atoms with Crippen LogP contribution in [0.25, 0.3) is 0 Å². The van der Waals surface area contributed by atoms with Crippen LogP contribution in [0.5, 0.6) is 0 Å². The summed E-state index contributed by atoms with van der Waals surface area (Å²) in [5.74, 6) is -0.360. The molecule has 0 aliphatic rings. The van der Waals surface area contributed by atoms with E-state index >= 15 is 0 Å². The third kappa shape index (κ3) is 8.65. The first-order valence-electron chi connectivity index (χ1n) is 9.10. The van der Waals surface area contributed by atoms with Crippen LogP contribution in [0, 0.1) is 0 Å². The lowest BCUT2D eigenvalue weighted by Gasteiger charge is -2.03. The third-order valence-electron chi connectivity index (χ3n) is 3.87. The van der Waals surface area contributed by atoms with Crippen LogP contribution < -0.4 is 0 Å². The first kappa shape index (κ1) is 25.9. The highest BCUT2D eigenvalue weighted by molar-refractivity contribution is 7.90. The van der Waals surface area contributed by atoms with E-state index in [1.807, 2.05) is 0 Å². The molecule has 0 aliphatic carbocycles. The molecule has 2 heterocycles. The predicted molar refractivity (Wildman–Crippen MR) is 119 cm³/mol. The Hall–Kier alpha value is -3.10. The van der Waals surface area contributed by atoms with Crippen molar-refractivity contribution >= 4 is 34.0 Å². The van der Waals surface area contributed by atoms with Crippen LogP contribution in [-0.2, 0) is 21.0 Å². The van der Waals surface area contributed by atoms with Gasteiger partial charge in [0, 0.05) is 43.0 Å². The van der Waals surface area contributed by atoms with Crippen LogP contribution >= 0.6 is 12.4 Å². The van der Waals surface area contributed by atoms with Crippen LogP contribution in [0.3, 0.4) is 0 Å². The summed E-state index contributed by atoms with van der Waals surface area (Å²) in [4.78, 5) is 30.9. The van der Waals surface area contributed by atoms with Gasteiger partial charge in [-0.2, -0.15) is 0 Å². The maximum Gasteiger partial charge on any atom is 0.339 e. The number of esters is 1. The van der Waals surface area contributed by atoms with Gasteiger partial charge >= 0.3 is 5.97 Å². The molecule has 3 rings (SSSR count). The molecule has 2 aromatic heterocycles. The Kier molecular flexibility index (Phi) is 10.5. The van der Waals surface area contributed by atoms with Gasteiger partial charge in [0.05, 0.1) is 17.1 Å². The molecule has 0 fully saturated rings. The van der Waals surface area contributed by atoms with E-state index in [0.717, 1.165) is 11.8 Å². The second-order valence-corrected chi connectivity index (χ2v) is 8.24. The number of hydrogen-bond acceptors (Lipinski definition) is 7. The summed E-state index contributed by atoms with van der Waals surface area (Å²) < 4.78 is 27.4. The van der Waals surface area contributed by atoms with E-state index in [0.29, 0.717) is 17.7 Å². The van der Waals surface area contributed by atoms with Gasteiger partial charge in [-0.3, -0.25) is 14.8 Å². The topological polar surface area (TPSA) is 103 Å². The minimum Gasteiger partial charge on any atom is -0.462 e. The van der Waals surface area contributed by atoms with Gasteiger partial charge in [-0.25, -0.2) is 13.2 Å². The Balaban J connectivity index is 0.000000344. The van der Waals surface area contributed by atoms with Crippen molar-refractivity contribution in [1.82, 2.24) is 9.97 Å². The number of rotatable bonds is 6. The van der Waals surface area contributed by atoms with Crippen molar-refractivity contribution in [3.63, 3.8) is 0 Å². The summed E-state index contributed by atoms with van der Waals surface area (Å²) in [6, 6.07) is 13.1. The highest BCUT2D eigenvalue weighted by Gasteiger charge is 2.09. The van der Waals surface area contributed by atoms with E-state index in [1.165, 1.54) is 24.5 Å². The van der Waals surface area contributed by atoms with E-state index in [4.69, 9.17) is 4.74 Å². The molecule has 0 N–H and O–H groups in total. The van der Waals surface area contributed by atoms with Gasteiger partial charge in [0.2, 0.25) is 0 Å². The molecule has 0 bridgehead atoms. The predicted octanol–water partition coefficient (Wildman–Crippen LogP) is 3.59. The Bertz CT molecular complexity index is 1070. The number of hydrogen-bond donors (Lipinski definition) is 0. The smallest absolute Gasteiger partial charge is 0.339 e. The zero-order valence-corrected chi connectivity index (χ0v) is 18.7. The lowest BCUT2D eigenvalue weighted by molar-refractivity contribution is 0.0525. The zero-order valence-electron chi connectivity index (χ0n) is 17.1. The molecule has 0 unspecified atom stereocenters. The summed E-state index contributed by atoms with van der Waals surface area (Å²) in [6.45, 7) is 2.17. The van der Waals surface area contributed by atoms with Crippen molar-refractivity contribution in [2.24, 2.45) is 0 Å². The van der Waals surface area contributed by atoms with Gasteiger partial charge in [0.1, 0.15) is 0 Å². The zero-order chi connectivity index (χ0) is 22.0. The lowest BCUT2D eigenvalue weighted by atomic mass is 10.0. The molecule has 1 aromatic carbocycles. The Labute approximate surface area is 187 Å². The minimum absolute atomic E-state index is 0. The SMILES string of the molecule is CCOC(=O)c1cccnc1.CS(=O)(=O)c1ccc(CC(=O)c2cccnc2)cc1.Cl. The third-order valence-corrected chi connectivity index (χ3v) is 5.00. The van der Waals surface area contributed by atoms with E-state index in [-0.39, 0.29) is 35.5 Å². The number of halogens is 1. The molecule has 0 saturated carbocycles. The average molecular weight is 463 g/mol. The fourth-order valence-corrected chi connectivity index (χ4v) is 3.00. The molecule has 0 radical (unpaired) electrons. The number of ether oxygens (including phenoxy) is 1. The highest BCUT2D eigenvalue weighted by Crippen LogP contribution is 2.12. The standard InChI is InChI=1S/C14H13NO3S.C8H9NO2.ClH/c1-19(17,18)13-6-4-11(5-7-13)9-14(16)12-3-2-8-15-10-12;1-2-11-8(10)7-4-3-5-9-6-7;/h2-8,10H,9H2,1H3;3-6H,2H2,1H3;1H. The van der Waals surface area contributed by atoms with Gasteiger partial charge in [-0.05, 0) is 48.9 Å². The number of benzene rings is 1. The van der Waals surface area contributed by atoms with Crippen molar-refractivity contribution in [3.8, 4) is 0 Å². The summed E-state index contributed by atoms with van der Waals surface area (Å²) in [5.41, 5.74) is 1.82. The number of carbonyl (C=O) groups excluding carboxylic acids is 2. The summed E-state index contributed by atoms with van der Waals surface area (Å²) in [5, 5.41) is 0. The average Bonchev–Trinajstić information content (AvgIpc) is 2.75. The Morgan fingerprint density at radius 3 is 1.90 bits per heavy atom.